The number of hydrogen-bond donors (Lipinski definition) is 4. The van der Waals surface area contributed by atoms with Gasteiger partial charge in [-0.15, -0.1) is 11.8 Å². The largest absolute Gasteiger partial charge is 0.480 e. The summed E-state index contributed by atoms with van der Waals surface area (Å²) in [5, 5.41) is 7.63. The number of amides is 1. The third-order valence-electron chi connectivity index (χ3n) is 2.88. The molecule has 0 aliphatic rings. The van der Waals surface area contributed by atoms with Crippen molar-refractivity contribution >= 4 is 29.6 Å². The third kappa shape index (κ3) is 6.27. The number of thioether (sulfide) groups is 1. The molecule has 23 heavy (non-hydrogen) atoms. The normalized spacial score (nSPS) is 14.5. The molecule has 0 saturated carbocycles. The van der Waals surface area contributed by atoms with Crippen LogP contribution in [0.1, 0.15) is 5.56 Å². The molecule has 0 aliphatic heterocycles. The van der Waals surface area contributed by atoms with Crippen molar-refractivity contribution in [2.45, 2.75) is 23.9 Å². The molecule has 7 N–H and O–H groups in total. The second-order valence-corrected chi connectivity index (χ2v) is 5.89. The Kier molecular flexibility index (Phi) is 7.52. The lowest BCUT2D eigenvalue weighted by molar-refractivity contribution is -0.145. The highest BCUT2D eigenvalue weighted by Crippen LogP contribution is 2.18. The van der Waals surface area contributed by atoms with Crippen LogP contribution in [0.3, 0.4) is 0 Å². The van der Waals surface area contributed by atoms with Crippen LogP contribution in [0.4, 0.5) is 0 Å². The molecular weight excluding hydrogens is 322 g/mol. The molecule has 0 aromatic heterocycles. The van der Waals surface area contributed by atoms with Crippen LogP contribution in [0.25, 0.3) is 0 Å². The van der Waals surface area contributed by atoms with E-state index in [1.54, 1.807) is 24.3 Å². The van der Waals surface area contributed by atoms with Gasteiger partial charge in [0.15, 0.2) is 0 Å². The van der Waals surface area contributed by atoms with Gasteiger partial charge in [0.05, 0.1) is 0 Å². The van der Waals surface area contributed by atoms with Crippen molar-refractivity contribution in [2.24, 2.45) is 17.2 Å². The maximum absolute atomic E-state index is 12.1. The van der Waals surface area contributed by atoms with Crippen LogP contribution in [-0.2, 0) is 25.7 Å². The first-order valence-corrected chi connectivity index (χ1v) is 7.73. The second-order valence-electron chi connectivity index (χ2n) is 4.72. The van der Waals surface area contributed by atoms with Gasteiger partial charge in [0.2, 0.25) is 5.91 Å². The minimum Gasteiger partial charge on any atom is -0.480 e. The molecule has 1 aromatic carbocycles. The van der Waals surface area contributed by atoms with Crippen LogP contribution in [-0.4, -0.2) is 46.0 Å². The first-order valence-electron chi connectivity index (χ1n) is 6.68. The lowest BCUT2D eigenvalue weighted by Gasteiger charge is -2.20. The molecular formula is C14H19N3O5S. The zero-order valence-electron chi connectivity index (χ0n) is 12.3. The summed E-state index contributed by atoms with van der Waals surface area (Å²) in [5.41, 5.74) is 16.9. The van der Waals surface area contributed by atoms with Gasteiger partial charge < -0.3 is 27.0 Å². The first kappa shape index (κ1) is 18.9. The van der Waals surface area contributed by atoms with Crippen LogP contribution in [0.2, 0.25) is 0 Å². The van der Waals surface area contributed by atoms with E-state index in [0.29, 0.717) is 0 Å². The molecule has 0 spiro atoms. The van der Waals surface area contributed by atoms with Crippen LogP contribution in [0.15, 0.2) is 30.3 Å². The second kappa shape index (κ2) is 9.13. The quantitative estimate of drug-likeness (QED) is 0.419. The molecule has 0 bridgehead atoms. The van der Waals surface area contributed by atoms with Crippen molar-refractivity contribution in [2.75, 3.05) is 5.75 Å². The van der Waals surface area contributed by atoms with Gasteiger partial charge in [0.1, 0.15) is 23.9 Å². The monoisotopic (exact) mass is 341 g/mol. The minimum atomic E-state index is -1.30. The van der Waals surface area contributed by atoms with E-state index in [-0.39, 0.29) is 12.4 Å². The number of esters is 1. The van der Waals surface area contributed by atoms with E-state index in [0.717, 1.165) is 17.3 Å². The molecule has 0 radical (unpaired) electrons. The smallest absolute Gasteiger partial charge is 0.321 e. The van der Waals surface area contributed by atoms with Gasteiger partial charge in [-0.1, -0.05) is 30.3 Å². The summed E-state index contributed by atoms with van der Waals surface area (Å²) in [4.78, 5) is 34.1. The van der Waals surface area contributed by atoms with Crippen LogP contribution in [0.5, 0.6) is 0 Å². The summed E-state index contributed by atoms with van der Waals surface area (Å²) >= 11 is 0.831. The number of primary amides is 1. The van der Waals surface area contributed by atoms with Crippen molar-refractivity contribution in [3.05, 3.63) is 35.9 Å². The number of nitrogens with two attached hydrogens (primary N) is 3. The van der Waals surface area contributed by atoms with E-state index in [9.17, 15) is 14.4 Å². The van der Waals surface area contributed by atoms with Crippen molar-refractivity contribution in [1.29, 1.82) is 0 Å². The van der Waals surface area contributed by atoms with E-state index in [4.69, 9.17) is 27.0 Å². The van der Waals surface area contributed by atoms with E-state index >= 15 is 0 Å². The molecule has 1 aromatic rings. The summed E-state index contributed by atoms with van der Waals surface area (Å²) in [7, 11) is 0. The number of rotatable bonds is 9. The fraction of sp³-hybridized carbons (Fsp3) is 0.357. The molecule has 8 nitrogen and oxygen atoms in total. The van der Waals surface area contributed by atoms with Gasteiger partial charge in [-0.2, -0.15) is 0 Å². The zero-order valence-corrected chi connectivity index (χ0v) is 13.1. The standard InChI is InChI=1S/C14H19N3O5S/c15-9(13(19)20)7-23-11(10(16)12(17)18)14(21)22-6-8-4-2-1-3-5-8/h1-5,9-11H,6-7,15-16H2,(H2,17,18)(H,19,20). The van der Waals surface area contributed by atoms with Crippen LogP contribution in [0, 0.1) is 0 Å². The van der Waals surface area contributed by atoms with E-state index < -0.39 is 35.2 Å². The number of ether oxygens (including phenoxy) is 1. The number of carbonyl (C=O) groups excluding carboxylic acids is 2. The SMILES string of the molecule is NC(=O)C(N)C(SCC(N)C(=O)O)C(=O)OCc1ccccc1. The van der Waals surface area contributed by atoms with Gasteiger partial charge in [-0.3, -0.25) is 14.4 Å². The predicted molar refractivity (Wildman–Crippen MR) is 85.3 cm³/mol. The molecule has 9 heteroatoms. The Bertz CT molecular complexity index is 555. The number of carboxylic acids is 1. The molecule has 0 heterocycles. The molecule has 3 atom stereocenters. The topological polar surface area (TPSA) is 159 Å². The average molecular weight is 341 g/mol. The fourth-order valence-electron chi connectivity index (χ4n) is 1.56. The third-order valence-corrected chi connectivity index (χ3v) is 4.28. The molecule has 3 unspecified atom stereocenters. The van der Waals surface area contributed by atoms with Crippen molar-refractivity contribution in [3.8, 4) is 0 Å². The molecule has 1 amide bonds. The molecule has 126 valence electrons. The van der Waals surface area contributed by atoms with Crippen LogP contribution >= 0.6 is 11.8 Å². The number of benzene rings is 1. The van der Waals surface area contributed by atoms with Crippen molar-refractivity contribution in [1.82, 2.24) is 0 Å². The number of carbonyl (C=O) groups is 3. The highest BCUT2D eigenvalue weighted by molar-refractivity contribution is 8.00. The fourth-order valence-corrected chi connectivity index (χ4v) is 2.66. The number of hydrogen-bond acceptors (Lipinski definition) is 7. The predicted octanol–water partition coefficient (Wildman–Crippen LogP) is -0.944. The van der Waals surface area contributed by atoms with E-state index in [2.05, 4.69) is 0 Å². The molecule has 1 rings (SSSR count). The van der Waals surface area contributed by atoms with Gasteiger partial charge >= 0.3 is 11.9 Å². The summed E-state index contributed by atoms with van der Waals surface area (Å²) in [6.45, 7) is 0.00714. The summed E-state index contributed by atoms with van der Waals surface area (Å²) < 4.78 is 5.12. The number of aliphatic carboxylic acids is 1. The van der Waals surface area contributed by atoms with E-state index in [1.807, 2.05) is 6.07 Å². The Balaban J connectivity index is 2.68. The van der Waals surface area contributed by atoms with Gasteiger partial charge in [0, 0.05) is 5.75 Å². The van der Waals surface area contributed by atoms with Crippen molar-refractivity contribution in [3.63, 3.8) is 0 Å². The lowest BCUT2D eigenvalue weighted by atomic mass is 10.2. The summed E-state index contributed by atoms with van der Waals surface area (Å²) in [6.07, 6.45) is 0. The van der Waals surface area contributed by atoms with Crippen LogP contribution < -0.4 is 17.2 Å². The lowest BCUT2D eigenvalue weighted by Crippen LogP contribution is -2.49. The van der Waals surface area contributed by atoms with Gasteiger partial charge in [0.25, 0.3) is 0 Å². The maximum Gasteiger partial charge on any atom is 0.321 e. The Morgan fingerprint density at radius 1 is 1.17 bits per heavy atom. The highest BCUT2D eigenvalue weighted by atomic mass is 32.2. The Hall–Kier alpha value is -2.10. The van der Waals surface area contributed by atoms with E-state index in [1.165, 1.54) is 0 Å². The maximum atomic E-state index is 12.1. The van der Waals surface area contributed by atoms with Gasteiger partial charge in [-0.05, 0) is 5.56 Å². The Labute approximate surface area is 137 Å². The van der Waals surface area contributed by atoms with Gasteiger partial charge in [-0.25, -0.2) is 0 Å². The first-order chi connectivity index (χ1) is 10.8. The molecule has 0 fully saturated rings. The molecule has 0 aliphatic carbocycles. The summed E-state index contributed by atoms with van der Waals surface area (Å²) in [5.74, 6) is -2.96. The minimum absolute atomic E-state index is 0.00714. The summed E-state index contributed by atoms with van der Waals surface area (Å²) in [6, 6.07) is 6.44. The average Bonchev–Trinajstić information content (AvgIpc) is 2.53. The van der Waals surface area contributed by atoms with Crippen molar-refractivity contribution < 1.29 is 24.2 Å². The molecule has 0 saturated heterocycles. The highest BCUT2D eigenvalue weighted by Gasteiger charge is 2.32. The Morgan fingerprint density at radius 2 is 1.78 bits per heavy atom. The Morgan fingerprint density at radius 3 is 2.30 bits per heavy atom. The number of carboxylic acid groups (broad SMARTS) is 1. The zero-order chi connectivity index (χ0) is 17.4.